The van der Waals surface area contributed by atoms with Crippen molar-refractivity contribution in [2.24, 2.45) is 5.92 Å². The van der Waals surface area contributed by atoms with Gasteiger partial charge in [0.05, 0.1) is 20.1 Å². The van der Waals surface area contributed by atoms with E-state index >= 15 is 0 Å². The molecule has 0 unspecified atom stereocenters. The number of nitrogens with one attached hydrogen (secondary N) is 2. The van der Waals surface area contributed by atoms with Crippen LogP contribution in [0, 0.1) is 5.92 Å². The molecule has 0 aromatic heterocycles. The minimum Gasteiger partial charge on any atom is -0.496 e. The average Bonchev–Trinajstić information content (AvgIpc) is 2.76. The lowest BCUT2D eigenvalue weighted by Gasteiger charge is -2.37. The van der Waals surface area contributed by atoms with E-state index in [0.29, 0.717) is 24.3 Å². The smallest absolute Gasteiger partial charge is 0.496 e. The summed E-state index contributed by atoms with van der Waals surface area (Å²) in [6.45, 7) is 0.699. The summed E-state index contributed by atoms with van der Waals surface area (Å²) < 4.78 is 52.0. The quantitative estimate of drug-likeness (QED) is 0.645. The second kappa shape index (κ2) is 10.0. The molecule has 3 atom stereocenters. The van der Waals surface area contributed by atoms with E-state index < -0.39 is 6.36 Å². The van der Waals surface area contributed by atoms with E-state index in [2.05, 4.69) is 15.4 Å². The summed E-state index contributed by atoms with van der Waals surface area (Å²) in [4.78, 5) is 12.1. The predicted octanol–water partition coefficient (Wildman–Crippen LogP) is 3.58. The number of alkyl halides is 3. The maximum absolute atomic E-state index is 12.6. The van der Waals surface area contributed by atoms with Crippen molar-refractivity contribution >= 4 is 5.97 Å². The summed E-state index contributed by atoms with van der Waals surface area (Å²) in [6, 6.07) is 13.4. The molecule has 2 aromatic rings. The first kappa shape index (κ1) is 22.9. The molecule has 2 N–H and O–H groups in total. The molecular weight excluding hydrogens is 413 g/mol. The van der Waals surface area contributed by atoms with Gasteiger partial charge in [0.2, 0.25) is 0 Å². The molecule has 0 amide bonds. The molecule has 9 heteroatoms. The standard InChI is InChI=1S/C22H25F3N2O4/c1-29-19-9-8-17(31-22(23,24)25)10-15(19)12-26-18-11-16(21(28)30-2)13-27-20(18)14-6-4-3-5-7-14/h3-10,16,18,20,26-27H,11-13H2,1-2H3/t16-,18-,20-/m0/s1. The van der Waals surface area contributed by atoms with E-state index in [9.17, 15) is 18.0 Å². The zero-order chi connectivity index (χ0) is 22.4. The third-order valence-corrected chi connectivity index (χ3v) is 5.26. The first-order chi connectivity index (χ1) is 14.8. The minimum atomic E-state index is -4.78. The van der Waals surface area contributed by atoms with E-state index in [1.807, 2.05) is 30.3 Å². The number of halogens is 3. The number of hydrogen-bond donors (Lipinski definition) is 2. The summed E-state index contributed by atoms with van der Waals surface area (Å²) in [6.07, 6.45) is -4.26. The van der Waals surface area contributed by atoms with Gasteiger partial charge in [-0.25, -0.2) is 0 Å². The zero-order valence-corrected chi connectivity index (χ0v) is 17.2. The molecular formula is C22H25F3N2O4. The van der Waals surface area contributed by atoms with Gasteiger partial charge in [0.25, 0.3) is 0 Å². The number of carbonyl (C=O) groups is 1. The molecule has 1 aliphatic rings. The highest BCUT2D eigenvalue weighted by atomic mass is 19.4. The van der Waals surface area contributed by atoms with E-state index in [4.69, 9.17) is 9.47 Å². The Bertz CT molecular complexity index is 877. The van der Waals surface area contributed by atoms with Crippen LogP contribution < -0.4 is 20.1 Å². The molecule has 2 aromatic carbocycles. The summed E-state index contributed by atoms with van der Waals surface area (Å²) in [5, 5.41) is 6.76. The van der Waals surface area contributed by atoms with Crippen molar-refractivity contribution in [3.05, 3.63) is 59.7 Å². The highest BCUT2D eigenvalue weighted by Gasteiger charge is 2.35. The van der Waals surface area contributed by atoms with Crippen molar-refractivity contribution in [1.82, 2.24) is 10.6 Å². The molecule has 1 heterocycles. The highest BCUT2D eigenvalue weighted by molar-refractivity contribution is 5.72. The van der Waals surface area contributed by atoms with Gasteiger partial charge in [0.1, 0.15) is 11.5 Å². The van der Waals surface area contributed by atoms with Gasteiger partial charge in [-0.05, 0) is 30.2 Å². The molecule has 0 radical (unpaired) electrons. The fourth-order valence-corrected chi connectivity index (χ4v) is 3.83. The average molecular weight is 438 g/mol. The molecule has 0 spiro atoms. The number of esters is 1. The molecule has 1 fully saturated rings. The number of rotatable bonds is 7. The van der Waals surface area contributed by atoms with E-state index in [0.717, 1.165) is 5.56 Å². The fraction of sp³-hybridized carbons (Fsp3) is 0.409. The van der Waals surface area contributed by atoms with Gasteiger partial charge in [0.15, 0.2) is 0 Å². The van der Waals surface area contributed by atoms with E-state index in [-0.39, 0.29) is 36.3 Å². The number of hydrogen-bond acceptors (Lipinski definition) is 6. The Kier molecular flexibility index (Phi) is 7.40. The lowest BCUT2D eigenvalue weighted by molar-refractivity contribution is -0.274. The molecule has 3 rings (SSSR count). The number of methoxy groups -OCH3 is 2. The minimum absolute atomic E-state index is 0.0808. The van der Waals surface area contributed by atoms with Crippen LogP contribution in [0.3, 0.4) is 0 Å². The van der Waals surface area contributed by atoms with Crippen molar-refractivity contribution in [3.63, 3.8) is 0 Å². The van der Waals surface area contributed by atoms with Gasteiger partial charge in [-0.1, -0.05) is 30.3 Å². The maximum atomic E-state index is 12.6. The van der Waals surface area contributed by atoms with Crippen LogP contribution in [0.5, 0.6) is 11.5 Å². The van der Waals surface area contributed by atoms with Crippen LogP contribution in [-0.2, 0) is 16.1 Å². The molecule has 0 saturated carbocycles. The molecule has 0 bridgehead atoms. The third-order valence-electron chi connectivity index (χ3n) is 5.26. The van der Waals surface area contributed by atoms with Gasteiger partial charge < -0.3 is 24.8 Å². The Morgan fingerprint density at radius 1 is 1.16 bits per heavy atom. The van der Waals surface area contributed by atoms with Crippen LogP contribution in [0.4, 0.5) is 13.2 Å². The van der Waals surface area contributed by atoms with Crippen LogP contribution in [0.15, 0.2) is 48.5 Å². The van der Waals surface area contributed by atoms with Crippen molar-refractivity contribution in [2.45, 2.75) is 31.4 Å². The van der Waals surface area contributed by atoms with Crippen molar-refractivity contribution < 1.29 is 32.2 Å². The lowest BCUT2D eigenvalue weighted by atomic mass is 9.86. The number of benzene rings is 2. The summed E-state index contributed by atoms with van der Waals surface area (Å²) in [7, 11) is 2.80. The zero-order valence-electron chi connectivity index (χ0n) is 17.2. The summed E-state index contributed by atoms with van der Waals surface area (Å²) in [5.74, 6) is -0.515. The molecule has 6 nitrogen and oxygen atoms in total. The highest BCUT2D eigenvalue weighted by Crippen LogP contribution is 2.31. The Hall–Kier alpha value is -2.78. The van der Waals surface area contributed by atoms with Gasteiger partial charge in [-0.15, -0.1) is 13.2 Å². The van der Waals surface area contributed by atoms with Crippen LogP contribution in [0.25, 0.3) is 0 Å². The van der Waals surface area contributed by atoms with Crippen molar-refractivity contribution in [2.75, 3.05) is 20.8 Å². The maximum Gasteiger partial charge on any atom is 0.573 e. The number of carbonyl (C=O) groups excluding carboxylic acids is 1. The first-order valence-electron chi connectivity index (χ1n) is 9.83. The Balaban J connectivity index is 1.80. The number of ether oxygens (including phenoxy) is 3. The molecule has 1 saturated heterocycles. The van der Waals surface area contributed by atoms with Gasteiger partial charge in [-0.2, -0.15) is 0 Å². The fourth-order valence-electron chi connectivity index (χ4n) is 3.83. The Morgan fingerprint density at radius 3 is 2.55 bits per heavy atom. The van der Waals surface area contributed by atoms with Gasteiger partial charge in [0, 0.05) is 30.7 Å². The molecule has 0 aliphatic carbocycles. The van der Waals surface area contributed by atoms with Crippen LogP contribution in [0.1, 0.15) is 23.6 Å². The molecule has 31 heavy (non-hydrogen) atoms. The lowest BCUT2D eigenvalue weighted by Crippen LogP contribution is -2.51. The van der Waals surface area contributed by atoms with Gasteiger partial charge >= 0.3 is 12.3 Å². The largest absolute Gasteiger partial charge is 0.573 e. The van der Waals surface area contributed by atoms with Gasteiger partial charge in [-0.3, -0.25) is 4.79 Å². The van der Waals surface area contributed by atoms with E-state index in [1.54, 1.807) is 0 Å². The predicted molar refractivity (Wildman–Crippen MR) is 108 cm³/mol. The second-order valence-electron chi connectivity index (χ2n) is 7.26. The molecule has 168 valence electrons. The number of piperidine rings is 1. The second-order valence-corrected chi connectivity index (χ2v) is 7.26. The summed E-state index contributed by atoms with van der Waals surface area (Å²) in [5.41, 5.74) is 1.56. The third kappa shape index (κ3) is 6.11. The molecule has 1 aliphatic heterocycles. The summed E-state index contributed by atoms with van der Waals surface area (Å²) >= 11 is 0. The Morgan fingerprint density at radius 2 is 1.90 bits per heavy atom. The first-order valence-corrected chi connectivity index (χ1v) is 9.83. The van der Waals surface area contributed by atoms with E-state index in [1.165, 1.54) is 32.4 Å². The van der Waals surface area contributed by atoms with Crippen LogP contribution >= 0.6 is 0 Å². The normalized spacial score (nSPS) is 21.4. The van der Waals surface area contributed by atoms with Crippen molar-refractivity contribution in [1.29, 1.82) is 0 Å². The SMILES string of the molecule is COC(=O)[C@@H]1CN[C@@H](c2ccccc2)[C@@H](NCc2cc(OC(F)(F)F)ccc2OC)C1. The van der Waals surface area contributed by atoms with Crippen LogP contribution in [-0.4, -0.2) is 39.1 Å². The van der Waals surface area contributed by atoms with Crippen molar-refractivity contribution in [3.8, 4) is 11.5 Å². The monoisotopic (exact) mass is 438 g/mol. The topological polar surface area (TPSA) is 68.8 Å². The Labute approximate surface area is 178 Å². The van der Waals surface area contributed by atoms with Crippen LogP contribution in [0.2, 0.25) is 0 Å².